The SMILES string of the molecule is CC12OCN(c3cc(-c4cncc(N5COc6cc7c(c(P8(=O)Oc9ccccc9-c9ccccc98)c6C5)OCN(c5cccnc5)C7)c4)cc(C(F)(F)F)c3)CC1=CC1=C(CN(c3cccc(C(F)(F)F)c3)CO1)C2P1(=O)Oc2ccccc2-c2ccccc21. The number of allylic oxidation sites excluding steroid dienone is 1. The average molecular weight is 1270 g/mol. The van der Waals surface area contributed by atoms with E-state index in [0.29, 0.717) is 90.3 Å². The van der Waals surface area contributed by atoms with Gasteiger partial charge in [0.25, 0.3) is 7.37 Å². The van der Waals surface area contributed by atoms with Gasteiger partial charge in [-0.1, -0.05) is 78.9 Å². The highest BCUT2D eigenvalue weighted by atomic mass is 31.2. The van der Waals surface area contributed by atoms with Crippen molar-refractivity contribution in [3.63, 3.8) is 0 Å². The number of hydrogen-bond donors (Lipinski definition) is 0. The van der Waals surface area contributed by atoms with E-state index in [4.69, 9.17) is 28.0 Å². The Morgan fingerprint density at radius 2 is 1.14 bits per heavy atom. The molecule has 6 aliphatic heterocycles. The van der Waals surface area contributed by atoms with E-state index in [2.05, 4.69) is 9.97 Å². The number of para-hydroxylation sites is 2. The van der Waals surface area contributed by atoms with E-state index < -0.39 is 49.5 Å². The van der Waals surface area contributed by atoms with Gasteiger partial charge in [0.2, 0.25) is 0 Å². The number of alkyl halides is 6. The number of pyridine rings is 2. The molecule has 0 amide bonds. The first-order chi connectivity index (χ1) is 43.9. The Kier molecular flexibility index (Phi) is 13.1. The molecule has 8 heterocycles. The zero-order chi connectivity index (χ0) is 62.2. The van der Waals surface area contributed by atoms with E-state index in [9.17, 15) is 13.2 Å². The predicted octanol–water partition coefficient (Wildman–Crippen LogP) is 14.5. The second-order valence-corrected chi connectivity index (χ2v) is 28.0. The molecule has 7 aromatic carbocycles. The Morgan fingerprint density at radius 1 is 0.516 bits per heavy atom. The van der Waals surface area contributed by atoms with Gasteiger partial charge in [-0.2, -0.15) is 26.3 Å². The highest BCUT2D eigenvalue weighted by molar-refractivity contribution is 7.75. The van der Waals surface area contributed by atoms with Crippen LogP contribution >= 0.6 is 14.7 Å². The fraction of sp³-hybridized carbons (Fsp3) is 0.188. The fourth-order valence-electron chi connectivity index (χ4n) is 13.6. The molecule has 1 saturated heterocycles. The van der Waals surface area contributed by atoms with Crippen LogP contribution in [0.1, 0.15) is 29.2 Å². The molecule has 1 aliphatic carbocycles. The van der Waals surface area contributed by atoms with Gasteiger partial charge in [-0.15, -0.1) is 0 Å². The Balaban J connectivity index is 0.755. The smallest absolute Gasteiger partial charge is 0.416 e. The monoisotopic (exact) mass is 1270 g/mol. The van der Waals surface area contributed by atoms with Crippen molar-refractivity contribution in [2.75, 3.05) is 59.6 Å². The molecule has 16 rings (SSSR count). The van der Waals surface area contributed by atoms with E-state index in [-0.39, 0.29) is 63.5 Å². The summed E-state index contributed by atoms with van der Waals surface area (Å²) in [4.78, 5) is 16.1. The quantitative estimate of drug-likeness (QED) is 0.111. The Bertz CT molecular complexity index is 4660. The molecule has 22 heteroatoms. The minimum atomic E-state index is -4.81. The summed E-state index contributed by atoms with van der Waals surface area (Å²) in [5.41, 5.74) is 2.98. The van der Waals surface area contributed by atoms with Crippen LogP contribution in [0.15, 0.2) is 212 Å². The lowest BCUT2D eigenvalue weighted by Crippen LogP contribution is -2.58. The molecule has 1 fully saturated rings. The summed E-state index contributed by atoms with van der Waals surface area (Å²) < 4.78 is 162. The van der Waals surface area contributed by atoms with E-state index in [0.717, 1.165) is 46.6 Å². The van der Waals surface area contributed by atoms with Crippen LogP contribution in [0.3, 0.4) is 0 Å². The average Bonchev–Trinajstić information content (AvgIpc) is 0.709. The molecular formula is C69H52F6N6O8P2. The molecule has 0 bridgehead atoms. The van der Waals surface area contributed by atoms with E-state index in [1.165, 1.54) is 12.3 Å². The number of hydrogen-bond acceptors (Lipinski definition) is 14. The van der Waals surface area contributed by atoms with Crippen molar-refractivity contribution in [3.8, 4) is 56.4 Å². The molecule has 2 aromatic heterocycles. The maximum Gasteiger partial charge on any atom is 0.416 e. The Labute approximate surface area is 518 Å². The Morgan fingerprint density at radius 3 is 1.90 bits per heavy atom. The van der Waals surface area contributed by atoms with E-state index in [1.807, 2.05) is 94.7 Å². The maximum atomic E-state index is 16.6. The first kappa shape index (κ1) is 56.7. The highest BCUT2D eigenvalue weighted by Crippen LogP contribution is 2.66. The van der Waals surface area contributed by atoms with Crippen molar-refractivity contribution in [3.05, 3.63) is 234 Å². The number of halogens is 6. The molecule has 458 valence electrons. The number of ether oxygens (including phenoxy) is 4. The summed E-state index contributed by atoms with van der Waals surface area (Å²) in [6.07, 6.45) is -1.17. The molecule has 9 aromatic rings. The summed E-state index contributed by atoms with van der Waals surface area (Å²) in [6, 6.07) is 45.4. The van der Waals surface area contributed by atoms with Crippen LogP contribution in [0.25, 0.3) is 33.4 Å². The topological polar surface area (TPSA) is 128 Å². The van der Waals surface area contributed by atoms with Crippen molar-refractivity contribution in [1.82, 2.24) is 9.97 Å². The van der Waals surface area contributed by atoms with Gasteiger partial charge in [0, 0.05) is 70.2 Å². The molecule has 4 unspecified atom stereocenters. The number of aromatic nitrogens is 2. The molecule has 0 saturated carbocycles. The lowest BCUT2D eigenvalue weighted by molar-refractivity contribution is -0.138. The van der Waals surface area contributed by atoms with Crippen LogP contribution in [-0.4, -0.2) is 61.2 Å². The first-order valence-electron chi connectivity index (χ1n) is 29.3. The summed E-state index contributed by atoms with van der Waals surface area (Å²) in [5, 5.41) is 1.24. The number of benzene rings is 7. The van der Waals surface area contributed by atoms with Crippen LogP contribution in [-0.2, 0) is 44.0 Å². The molecule has 7 aliphatic rings. The summed E-state index contributed by atoms with van der Waals surface area (Å²) >= 11 is 0. The van der Waals surface area contributed by atoms with Gasteiger partial charge in [-0.25, -0.2) is 0 Å². The first-order valence-corrected chi connectivity index (χ1v) is 32.6. The minimum Gasteiger partial charge on any atom is -0.473 e. The molecule has 4 atom stereocenters. The molecule has 0 radical (unpaired) electrons. The highest BCUT2D eigenvalue weighted by Gasteiger charge is 2.60. The number of anilines is 4. The zero-order valence-corrected chi connectivity index (χ0v) is 50.1. The van der Waals surface area contributed by atoms with Crippen molar-refractivity contribution >= 4 is 53.4 Å². The van der Waals surface area contributed by atoms with Crippen LogP contribution in [0.5, 0.6) is 23.0 Å². The van der Waals surface area contributed by atoms with Gasteiger partial charge in [-0.3, -0.25) is 19.1 Å². The van der Waals surface area contributed by atoms with Crippen molar-refractivity contribution < 1.29 is 63.5 Å². The van der Waals surface area contributed by atoms with Gasteiger partial charge in [0.15, 0.2) is 20.2 Å². The third-order valence-electron chi connectivity index (χ3n) is 18.1. The Hall–Kier alpha value is -9.48. The van der Waals surface area contributed by atoms with Crippen LogP contribution in [0.4, 0.5) is 49.1 Å². The van der Waals surface area contributed by atoms with Crippen LogP contribution < -0.4 is 54.0 Å². The molecule has 14 nitrogen and oxygen atoms in total. The fourth-order valence-corrected chi connectivity index (χ4v) is 19.6. The molecule has 91 heavy (non-hydrogen) atoms. The normalized spacial score (nSPS) is 22.1. The van der Waals surface area contributed by atoms with Crippen LogP contribution in [0, 0.1) is 0 Å². The van der Waals surface area contributed by atoms with Gasteiger partial charge in [0.05, 0.1) is 58.6 Å². The van der Waals surface area contributed by atoms with Gasteiger partial charge in [0.1, 0.15) is 52.1 Å². The lowest BCUT2D eigenvalue weighted by atomic mass is 9.80. The van der Waals surface area contributed by atoms with Crippen molar-refractivity contribution in [2.24, 2.45) is 0 Å². The van der Waals surface area contributed by atoms with Crippen LogP contribution in [0.2, 0.25) is 0 Å². The van der Waals surface area contributed by atoms with Gasteiger partial charge < -0.3 is 47.6 Å². The summed E-state index contributed by atoms with van der Waals surface area (Å²) in [6.45, 7) is 1.87. The number of rotatable bonds is 7. The van der Waals surface area contributed by atoms with Gasteiger partial charge in [-0.05, 0) is 120 Å². The molecule has 0 N–H and O–H groups in total. The second kappa shape index (κ2) is 21.1. The van der Waals surface area contributed by atoms with Gasteiger partial charge >= 0.3 is 19.7 Å². The predicted molar refractivity (Wildman–Crippen MR) is 333 cm³/mol. The summed E-state index contributed by atoms with van der Waals surface area (Å²) in [7, 11) is -8.26. The largest absolute Gasteiger partial charge is 0.473 e. The van der Waals surface area contributed by atoms with Crippen molar-refractivity contribution in [1.29, 1.82) is 0 Å². The van der Waals surface area contributed by atoms with Crippen molar-refractivity contribution in [2.45, 2.75) is 43.6 Å². The number of nitrogens with zero attached hydrogens (tertiary/aromatic N) is 6. The van der Waals surface area contributed by atoms with E-state index in [1.54, 1.807) is 89.9 Å². The summed E-state index contributed by atoms with van der Waals surface area (Å²) in [5.74, 6) is 1.98. The third kappa shape index (κ3) is 9.42. The number of fused-ring (bicyclic) bond motifs is 9. The third-order valence-corrected chi connectivity index (χ3v) is 23.6. The molecule has 0 spiro atoms. The second-order valence-electron chi connectivity index (χ2n) is 23.5. The lowest BCUT2D eigenvalue weighted by Gasteiger charge is -2.52. The molecular weight excluding hydrogens is 1220 g/mol. The zero-order valence-electron chi connectivity index (χ0n) is 48.3. The minimum absolute atomic E-state index is 0.0108. The van der Waals surface area contributed by atoms with E-state index >= 15 is 22.3 Å². The standard InChI is InChI=1S/C69H52F6N6O8P2/c1-67-47(30-61-57(37-80(38-85-61)48-13-10-12-45(28-48)68(70,71)72)66(67)91(83)63-22-9-5-18-55(63)53-16-3-7-20-59(53)89-91)35-79(41-87-67)50-25-42(24-46(29-50)69(73,74)75)43-26-51(33-77-31-43)81-36-56-60(84-39-81)27-44-34-78(49-14-11-23-76-32-49)40-86-64(44)65(56)90(82)62-21-8-4-17-54(62)52-15-2-6-19-58(52)88-90/h2-33,66H,34-41H2,1H3. The maximum absolute atomic E-state index is 16.6.